The van der Waals surface area contributed by atoms with Crippen LogP contribution in [0.2, 0.25) is 0 Å². The normalized spacial score (nSPS) is 27.3. The zero-order valence-electron chi connectivity index (χ0n) is 7.91. The fourth-order valence-electron chi connectivity index (χ4n) is 1.61. The smallest absolute Gasteiger partial charge is 0.0521 e. The minimum atomic E-state index is 0.557. The van der Waals surface area contributed by atoms with Gasteiger partial charge in [-0.3, -0.25) is 0 Å². The third kappa shape index (κ3) is 4.03. The summed E-state index contributed by atoms with van der Waals surface area (Å²) in [5.41, 5.74) is 1.12. The van der Waals surface area contributed by atoms with E-state index in [9.17, 15) is 0 Å². The predicted molar refractivity (Wildman–Crippen MR) is 60.5 cm³/mol. The summed E-state index contributed by atoms with van der Waals surface area (Å²) in [5, 5.41) is 15.2. The van der Waals surface area contributed by atoms with Gasteiger partial charge >= 0.3 is 0 Å². The van der Waals surface area contributed by atoms with Gasteiger partial charge in [0.1, 0.15) is 0 Å². The Labute approximate surface area is 88.3 Å². The Morgan fingerprint density at radius 2 is 1.46 bits per heavy atom. The molecule has 0 aromatic carbocycles. The monoisotopic (exact) mass is 244 g/mol. The third-order valence-corrected chi connectivity index (χ3v) is 3.42. The van der Waals surface area contributed by atoms with Crippen molar-refractivity contribution in [2.24, 2.45) is 0 Å². The zero-order chi connectivity index (χ0) is 9.68. The van der Waals surface area contributed by atoms with Gasteiger partial charge in [-0.15, -0.1) is 0 Å². The SMILES string of the molecule is N=C1CCCC[C@H](Br)CCCC1=N. The van der Waals surface area contributed by atoms with Crippen molar-refractivity contribution in [1.82, 2.24) is 0 Å². The molecule has 1 aliphatic rings. The molecule has 1 saturated carbocycles. The Bertz CT molecular complexity index is 201. The number of halogens is 1. The van der Waals surface area contributed by atoms with Crippen molar-refractivity contribution >= 4 is 27.4 Å². The molecule has 2 N–H and O–H groups in total. The fourth-order valence-corrected chi connectivity index (χ4v) is 2.26. The largest absolute Gasteiger partial charge is 0.303 e. The summed E-state index contributed by atoms with van der Waals surface area (Å²) in [6.07, 6.45) is 7.28. The van der Waals surface area contributed by atoms with Gasteiger partial charge in [0.15, 0.2) is 0 Å². The van der Waals surface area contributed by atoms with Gasteiger partial charge in [-0.25, -0.2) is 0 Å². The number of nitrogens with one attached hydrogen (secondary N) is 2. The molecular weight excluding hydrogens is 228 g/mol. The van der Waals surface area contributed by atoms with Gasteiger partial charge in [-0.05, 0) is 38.5 Å². The molecule has 1 atom stereocenters. The average molecular weight is 245 g/mol. The van der Waals surface area contributed by atoms with Crippen LogP contribution in [0.4, 0.5) is 0 Å². The van der Waals surface area contributed by atoms with E-state index in [2.05, 4.69) is 15.9 Å². The second-order valence-corrected chi connectivity index (χ2v) is 4.99. The van der Waals surface area contributed by atoms with Crippen molar-refractivity contribution < 1.29 is 0 Å². The first-order valence-electron chi connectivity index (χ1n) is 4.99. The lowest BCUT2D eigenvalue weighted by Crippen LogP contribution is -2.14. The van der Waals surface area contributed by atoms with Crippen LogP contribution in [0, 0.1) is 10.8 Å². The van der Waals surface area contributed by atoms with Gasteiger partial charge < -0.3 is 10.8 Å². The first kappa shape index (κ1) is 10.9. The Morgan fingerprint density at radius 3 is 2.15 bits per heavy atom. The summed E-state index contributed by atoms with van der Waals surface area (Å²) >= 11 is 3.64. The number of hydrogen-bond acceptors (Lipinski definition) is 2. The van der Waals surface area contributed by atoms with Gasteiger partial charge in [-0.2, -0.15) is 0 Å². The molecule has 0 amide bonds. The molecule has 0 aliphatic heterocycles. The summed E-state index contributed by atoms with van der Waals surface area (Å²) in [6.45, 7) is 0. The highest BCUT2D eigenvalue weighted by Crippen LogP contribution is 2.19. The summed E-state index contributed by atoms with van der Waals surface area (Å²) < 4.78 is 0. The Kier molecular flexibility index (Phi) is 4.64. The van der Waals surface area contributed by atoms with Crippen molar-refractivity contribution in [3.05, 3.63) is 0 Å². The number of hydrogen-bond donors (Lipinski definition) is 2. The molecule has 0 saturated heterocycles. The minimum Gasteiger partial charge on any atom is -0.303 e. The molecule has 0 radical (unpaired) electrons. The highest BCUT2D eigenvalue weighted by molar-refractivity contribution is 9.09. The van der Waals surface area contributed by atoms with Crippen LogP contribution in [0.15, 0.2) is 0 Å². The third-order valence-electron chi connectivity index (χ3n) is 2.50. The van der Waals surface area contributed by atoms with E-state index in [-0.39, 0.29) is 0 Å². The molecule has 3 heteroatoms. The van der Waals surface area contributed by atoms with E-state index in [1.807, 2.05) is 0 Å². The van der Waals surface area contributed by atoms with Crippen molar-refractivity contribution in [2.75, 3.05) is 0 Å². The lowest BCUT2D eigenvalue weighted by Gasteiger charge is -2.13. The number of rotatable bonds is 0. The van der Waals surface area contributed by atoms with Crippen LogP contribution >= 0.6 is 15.9 Å². The molecule has 1 rings (SSSR count). The summed E-state index contributed by atoms with van der Waals surface area (Å²) in [7, 11) is 0. The van der Waals surface area contributed by atoms with Crippen molar-refractivity contribution in [2.45, 2.75) is 49.8 Å². The van der Waals surface area contributed by atoms with E-state index in [4.69, 9.17) is 10.8 Å². The van der Waals surface area contributed by atoms with Crippen LogP contribution in [-0.4, -0.2) is 16.3 Å². The lowest BCUT2D eigenvalue weighted by molar-refractivity contribution is 0.622. The van der Waals surface area contributed by atoms with E-state index in [1.165, 1.54) is 12.8 Å². The molecule has 1 fully saturated rings. The lowest BCUT2D eigenvalue weighted by atomic mass is 9.98. The molecule has 13 heavy (non-hydrogen) atoms. The van der Waals surface area contributed by atoms with Crippen molar-refractivity contribution in [3.8, 4) is 0 Å². The van der Waals surface area contributed by atoms with Gasteiger partial charge in [0.2, 0.25) is 0 Å². The Hall–Kier alpha value is -0.180. The van der Waals surface area contributed by atoms with E-state index >= 15 is 0 Å². The van der Waals surface area contributed by atoms with Crippen LogP contribution in [0.25, 0.3) is 0 Å². The van der Waals surface area contributed by atoms with Crippen LogP contribution in [0.1, 0.15) is 44.9 Å². The highest BCUT2D eigenvalue weighted by Gasteiger charge is 2.10. The number of alkyl halides is 1. The molecule has 2 nitrogen and oxygen atoms in total. The molecule has 0 heterocycles. The molecule has 0 aromatic rings. The van der Waals surface area contributed by atoms with Gasteiger partial charge in [-0.1, -0.05) is 22.4 Å². The summed E-state index contributed by atoms with van der Waals surface area (Å²) in [4.78, 5) is 0.632. The fraction of sp³-hybridized carbons (Fsp3) is 0.800. The molecule has 0 spiro atoms. The van der Waals surface area contributed by atoms with Crippen molar-refractivity contribution in [1.29, 1.82) is 10.8 Å². The zero-order valence-corrected chi connectivity index (χ0v) is 9.49. The predicted octanol–water partition coefficient (Wildman–Crippen LogP) is 3.53. The standard InChI is InChI=1S/C10H17BrN2/c11-8-4-1-2-6-9(12)10(13)7-3-5-8/h8,12-13H,1-7H2/t8-/m0/s1. The highest BCUT2D eigenvalue weighted by atomic mass is 79.9. The average Bonchev–Trinajstić information content (AvgIpc) is 2.11. The van der Waals surface area contributed by atoms with Crippen LogP contribution in [-0.2, 0) is 0 Å². The van der Waals surface area contributed by atoms with Crippen molar-refractivity contribution in [3.63, 3.8) is 0 Å². The van der Waals surface area contributed by atoms with E-state index < -0.39 is 0 Å². The molecule has 0 bridgehead atoms. The molecule has 0 aromatic heterocycles. The molecular formula is C10H17BrN2. The van der Waals surface area contributed by atoms with E-state index in [1.54, 1.807) is 0 Å². The second kappa shape index (κ2) is 5.53. The summed E-state index contributed by atoms with van der Waals surface area (Å²) in [5.74, 6) is 0. The maximum Gasteiger partial charge on any atom is 0.0521 e. The second-order valence-electron chi connectivity index (χ2n) is 3.69. The minimum absolute atomic E-state index is 0.557. The molecule has 74 valence electrons. The topological polar surface area (TPSA) is 47.7 Å². The Morgan fingerprint density at radius 1 is 0.923 bits per heavy atom. The van der Waals surface area contributed by atoms with E-state index in [0.717, 1.165) is 32.1 Å². The first-order chi connectivity index (χ1) is 6.20. The van der Waals surface area contributed by atoms with Crippen LogP contribution < -0.4 is 0 Å². The summed E-state index contributed by atoms with van der Waals surface area (Å²) in [6, 6.07) is 0. The van der Waals surface area contributed by atoms with Gasteiger partial charge in [0.25, 0.3) is 0 Å². The quantitative estimate of drug-likeness (QED) is 0.613. The van der Waals surface area contributed by atoms with E-state index in [0.29, 0.717) is 16.3 Å². The van der Waals surface area contributed by atoms with Gasteiger partial charge in [0, 0.05) is 4.83 Å². The van der Waals surface area contributed by atoms with Crippen LogP contribution in [0.3, 0.4) is 0 Å². The molecule has 1 aliphatic carbocycles. The van der Waals surface area contributed by atoms with Gasteiger partial charge in [0.05, 0.1) is 11.4 Å². The Balaban J connectivity index is 2.42. The first-order valence-corrected chi connectivity index (χ1v) is 5.91. The molecule has 0 unspecified atom stereocenters. The van der Waals surface area contributed by atoms with Crippen LogP contribution in [0.5, 0.6) is 0 Å². The maximum atomic E-state index is 7.63. The maximum absolute atomic E-state index is 7.63.